The van der Waals surface area contributed by atoms with Crippen LogP contribution in [-0.4, -0.2) is 21.3 Å². The Bertz CT molecular complexity index is 1090. The number of hydrogen-bond donors (Lipinski definition) is 0. The summed E-state index contributed by atoms with van der Waals surface area (Å²) in [4.78, 5) is 13.6. The van der Waals surface area contributed by atoms with Gasteiger partial charge >= 0.3 is 0 Å². The molecule has 2 aromatic heterocycles. The molecule has 5 heteroatoms. The Kier molecular flexibility index (Phi) is 4.56. The van der Waals surface area contributed by atoms with Crippen LogP contribution in [0.25, 0.3) is 16.9 Å². The SMILES string of the molecule is COc1cc(C)c(-c2nn3c(C)cc(C(C)C)c3c(=O)n2CC2CC2)c(C)c1. The molecular weight excluding hydrogens is 350 g/mol. The third-order valence-corrected chi connectivity index (χ3v) is 5.81. The second-order valence-electron chi connectivity index (χ2n) is 8.48. The molecular formula is C23H29N3O2. The van der Waals surface area contributed by atoms with Crippen molar-refractivity contribution in [2.75, 3.05) is 7.11 Å². The van der Waals surface area contributed by atoms with Gasteiger partial charge in [-0.3, -0.25) is 9.36 Å². The zero-order chi connectivity index (χ0) is 20.2. The first-order valence-corrected chi connectivity index (χ1v) is 10.1. The summed E-state index contributed by atoms with van der Waals surface area (Å²) in [7, 11) is 1.68. The minimum absolute atomic E-state index is 0.0725. The number of aromatic nitrogens is 3. The first kappa shape index (κ1) is 18.8. The molecule has 1 saturated carbocycles. The van der Waals surface area contributed by atoms with E-state index in [-0.39, 0.29) is 11.5 Å². The maximum absolute atomic E-state index is 13.6. The first-order chi connectivity index (χ1) is 13.3. The van der Waals surface area contributed by atoms with E-state index < -0.39 is 0 Å². The van der Waals surface area contributed by atoms with Crippen LogP contribution in [0.15, 0.2) is 23.0 Å². The maximum atomic E-state index is 13.6. The molecule has 0 unspecified atom stereocenters. The zero-order valence-electron chi connectivity index (χ0n) is 17.7. The number of fused-ring (bicyclic) bond motifs is 1. The molecule has 28 heavy (non-hydrogen) atoms. The van der Waals surface area contributed by atoms with Gasteiger partial charge in [0.2, 0.25) is 0 Å². The molecule has 0 radical (unpaired) electrons. The molecule has 1 fully saturated rings. The van der Waals surface area contributed by atoms with E-state index in [0.717, 1.165) is 51.6 Å². The molecule has 2 heterocycles. The van der Waals surface area contributed by atoms with Crippen LogP contribution in [0.4, 0.5) is 0 Å². The highest BCUT2D eigenvalue weighted by Crippen LogP contribution is 2.34. The Morgan fingerprint density at radius 1 is 1.14 bits per heavy atom. The van der Waals surface area contributed by atoms with Gasteiger partial charge in [-0.1, -0.05) is 13.8 Å². The molecule has 0 aliphatic heterocycles. The Labute approximate surface area is 166 Å². The smallest absolute Gasteiger partial charge is 0.278 e. The van der Waals surface area contributed by atoms with Crippen molar-refractivity contribution in [1.82, 2.24) is 14.2 Å². The van der Waals surface area contributed by atoms with Crippen molar-refractivity contribution in [3.8, 4) is 17.1 Å². The number of nitrogens with zero attached hydrogens (tertiary/aromatic N) is 3. The van der Waals surface area contributed by atoms with E-state index in [0.29, 0.717) is 5.92 Å². The lowest BCUT2D eigenvalue weighted by molar-refractivity contribution is 0.414. The van der Waals surface area contributed by atoms with Gasteiger partial charge in [-0.25, -0.2) is 4.52 Å². The fraction of sp³-hybridized carbons (Fsp3) is 0.478. The lowest BCUT2D eigenvalue weighted by Crippen LogP contribution is -2.28. The summed E-state index contributed by atoms with van der Waals surface area (Å²) in [5.74, 6) is 2.45. The van der Waals surface area contributed by atoms with Gasteiger partial charge in [-0.2, -0.15) is 0 Å². The first-order valence-electron chi connectivity index (χ1n) is 10.1. The average Bonchev–Trinajstić information content (AvgIpc) is 3.39. The summed E-state index contributed by atoms with van der Waals surface area (Å²) in [6, 6.07) is 6.14. The highest BCUT2D eigenvalue weighted by atomic mass is 16.5. The Balaban J connectivity index is 2.06. The van der Waals surface area contributed by atoms with Crippen LogP contribution < -0.4 is 10.3 Å². The molecule has 0 saturated heterocycles. The van der Waals surface area contributed by atoms with Crippen LogP contribution in [0.2, 0.25) is 0 Å². The molecule has 1 aliphatic rings. The van der Waals surface area contributed by atoms with Gasteiger partial charge in [-0.05, 0) is 80.3 Å². The van der Waals surface area contributed by atoms with Gasteiger partial charge in [0.05, 0.1) is 7.11 Å². The van der Waals surface area contributed by atoms with Crippen molar-refractivity contribution in [1.29, 1.82) is 0 Å². The van der Waals surface area contributed by atoms with Crippen LogP contribution >= 0.6 is 0 Å². The zero-order valence-corrected chi connectivity index (χ0v) is 17.7. The predicted molar refractivity (Wildman–Crippen MR) is 112 cm³/mol. The van der Waals surface area contributed by atoms with Gasteiger partial charge in [0.15, 0.2) is 5.82 Å². The third kappa shape index (κ3) is 3.03. The lowest BCUT2D eigenvalue weighted by Gasteiger charge is -2.18. The summed E-state index contributed by atoms with van der Waals surface area (Å²) in [6.45, 7) is 11.1. The minimum atomic E-state index is 0.0725. The largest absolute Gasteiger partial charge is 0.497 e. The number of benzene rings is 1. The molecule has 1 aliphatic carbocycles. The van der Waals surface area contributed by atoms with Crippen LogP contribution in [0.3, 0.4) is 0 Å². The van der Waals surface area contributed by atoms with Crippen LogP contribution in [0.1, 0.15) is 55.0 Å². The molecule has 0 bridgehead atoms. The van der Waals surface area contributed by atoms with Gasteiger partial charge in [0.25, 0.3) is 5.56 Å². The van der Waals surface area contributed by atoms with E-state index in [9.17, 15) is 4.79 Å². The molecule has 4 rings (SSSR count). The molecule has 0 atom stereocenters. The predicted octanol–water partition coefficient (Wildman–Crippen LogP) is 4.63. The van der Waals surface area contributed by atoms with Gasteiger partial charge in [0.1, 0.15) is 11.3 Å². The second kappa shape index (κ2) is 6.80. The number of methoxy groups -OCH3 is 1. The topological polar surface area (TPSA) is 48.5 Å². The highest BCUT2D eigenvalue weighted by molar-refractivity contribution is 5.68. The Hall–Kier alpha value is -2.56. The second-order valence-corrected chi connectivity index (χ2v) is 8.48. The molecule has 148 valence electrons. The quantitative estimate of drug-likeness (QED) is 0.649. The van der Waals surface area contributed by atoms with E-state index in [1.807, 2.05) is 28.1 Å². The van der Waals surface area contributed by atoms with Gasteiger partial charge in [-0.15, -0.1) is 5.10 Å². The highest BCUT2D eigenvalue weighted by Gasteiger charge is 2.27. The van der Waals surface area contributed by atoms with E-state index in [4.69, 9.17) is 9.84 Å². The standard InChI is InChI=1S/C23H29N3O2/c1-13(2)19-11-16(5)26-21(19)23(27)25(12-17-7-8-17)22(24-26)20-14(3)9-18(28-6)10-15(20)4/h9-11,13,17H,7-8,12H2,1-6H3. The third-order valence-electron chi connectivity index (χ3n) is 5.81. The molecule has 0 spiro atoms. The normalized spacial score (nSPS) is 14.2. The van der Waals surface area contributed by atoms with E-state index in [1.54, 1.807) is 7.11 Å². The van der Waals surface area contributed by atoms with E-state index in [1.165, 1.54) is 12.8 Å². The molecule has 1 aromatic carbocycles. The summed E-state index contributed by atoms with van der Waals surface area (Å²) in [6.07, 6.45) is 2.38. The van der Waals surface area contributed by atoms with E-state index >= 15 is 0 Å². The van der Waals surface area contributed by atoms with Gasteiger partial charge in [0, 0.05) is 17.8 Å². The van der Waals surface area contributed by atoms with Crippen molar-refractivity contribution in [2.45, 2.75) is 59.9 Å². The summed E-state index contributed by atoms with van der Waals surface area (Å²) >= 11 is 0. The van der Waals surface area contributed by atoms with Crippen LogP contribution in [0, 0.1) is 26.7 Å². The van der Waals surface area contributed by atoms with Crippen LogP contribution in [-0.2, 0) is 6.54 Å². The van der Waals surface area contributed by atoms with Crippen molar-refractivity contribution in [3.63, 3.8) is 0 Å². The van der Waals surface area contributed by atoms with Gasteiger partial charge < -0.3 is 4.74 Å². The number of ether oxygens (including phenoxy) is 1. The number of hydrogen-bond acceptors (Lipinski definition) is 3. The Morgan fingerprint density at radius 3 is 2.32 bits per heavy atom. The average molecular weight is 380 g/mol. The lowest BCUT2D eigenvalue weighted by atomic mass is 10.0. The minimum Gasteiger partial charge on any atom is -0.497 e. The molecule has 0 amide bonds. The van der Waals surface area contributed by atoms with Crippen LogP contribution in [0.5, 0.6) is 5.75 Å². The fourth-order valence-electron chi connectivity index (χ4n) is 4.12. The maximum Gasteiger partial charge on any atom is 0.278 e. The molecule has 5 nitrogen and oxygen atoms in total. The Morgan fingerprint density at radius 2 is 1.79 bits per heavy atom. The van der Waals surface area contributed by atoms with E-state index in [2.05, 4.69) is 33.8 Å². The monoisotopic (exact) mass is 379 g/mol. The van der Waals surface area contributed by atoms with Crippen molar-refractivity contribution in [3.05, 3.63) is 50.9 Å². The summed E-state index contributed by atoms with van der Waals surface area (Å²) in [5.41, 5.74) is 6.04. The molecule has 3 aromatic rings. The summed E-state index contributed by atoms with van der Waals surface area (Å²) in [5, 5.41) is 5.01. The summed E-state index contributed by atoms with van der Waals surface area (Å²) < 4.78 is 9.18. The van der Waals surface area contributed by atoms with Crippen molar-refractivity contribution >= 4 is 5.52 Å². The van der Waals surface area contributed by atoms with Crippen molar-refractivity contribution < 1.29 is 4.74 Å². The number of aryl methyl sites for hydroxylation is 3. The number of rotatable bonds is 5. The fourth-order valence-corrected chi connectivity index (χ4v) is 4.12. The van der Waals surface area contributed by atoms with Crippen molar-refractivity contribution in [2.24, 2.45) is 5.92 Å². The molecule has 0 N–H and O–H groups in total.